The third-order valence-corrected chi connectivity index (χ3v) is 4.05. The topological polar surface area (TPSA) is 98.5 Å². The number of amides is 1. The average Bonchev–Trinajstić information content (AvgIpc) is 3.00. The van der Waals surface area contributed by atoms with Gasteiger partial charge in [-0.1, -0.05) is 24.4 Å². The molecule has 0 aliphatic heterocycles. The fourth-order valence-electron chi connectivity index (χ4n) is 2.45. The summed E-state index contributed by atoms with van der Waals surface area (Å²) >= 11 is 5.69. The van der Waals surface area contributed by atoms with E-state index in [-0.39, 0.29) is 28.2 Å². The van der Waals surface area contributed by atoms with E-state index in [2.05, 4.69) is 5.32 Å². The van der Waals surface area contributed by atoms with E-state index >= 15 is 0 Å². The lowest BCUT2D eigenvalue weighted by Crippen LogP contribution is -2.40. The molecule has 124 valence electrons. The maximum atomic E-state index is 12.0. The lowest BCUT2D eigenvalue weighted by Gasteiger charge is -2.17. The Hall–Kier alpha value is -2.15. The third-order valence-electron chi connectivity index (χ3n) is 3.73. The summed E-state index contributed by atoms with van der Waals surface area (Å²) < 4.78 is 5.07. The van der Waals surface area contributed by atoms with Crippen LogP contribution in [-0.4, -0.2) is 28.9 Å². The molecule has 0 radical (unpaired) electrons. The number of nitrogens with zero attached hydrogens (tertiary/aromatic N) is 1. The predicted molar refractivity (Wildman–Crippen MR) is 83.4 cm³/mol. The first-order chi connectivity index (χ1) is 10.9. The van der Waals surface area contributed by atoms with Crippen molar-refractivity contribution in [3.05, 3.63) is 38.9 Å². The molecule has 0 saturated heterocycles. The number of halogens is 1. The quantitative estimate of drug-likeness (QED) is 0.505. The van der Waals surface area contributed by atoms with Gasteiger partial charge in [-0.15, -0.1) is 0 Å². The van der Waals surface area contributed by atoms with Crippen LogP contribution in [0.1, 0.15) is 43.0 Å². The minimum absolute atomic E-state index is 0.0263. The van der Waals surface area contributed by atoms with Gasteiger partial charge in [-0.05, 0) is 31.9 Å². The van der Waals surface area contributed by atoms with Crippen LogP contribution in [0.4, 0.5) is 5.69 Å². The number of nitrogens with one attached hydrogen (secondary N) is 1. The van der Waals surface area contributed by atoms with Crippen molar-refractivity contribution in [1.82, 2.24) is 5.32 Å². The summed E-state index contributed by atoms with van der Waals surface area (Å²) in [5.74, 6) is -1.17. The highest BCUT2D eigenvalue weighted by molar-refractivity contribution is 6.32. The first-order valence-electron chi connectivity index (χ1n) is 7.34. The van der Waals surface area contributed by atoms with Gasteiger partial charge in [0.1, 0.15) is 5.02 Å². The number of nitro groups is 1. The molecule has 1 aliphatic rings. The molecule has 1 amide bonds. The van der Waals surface area contributed by atoms with Crippen molar-refractivity contribution in [2.75, 3.05) is 0 Å². The van der Waals surface area contributed by atoms with Crippen LogP contribution in [-0.2, 0) is 9.53 Å². The molecular formula is C15H17ClN2O5. The van der Waals surface area contributed by atoms with E-state index in [0.29, 0.717) is 0 Å². The van der Waals surface area contributed by atoms with E-state index in [1.807, 2.05) is 0 Å². The van der Waals surface area contributed by atoms with E-state index < -0.39 is 17.0 Å². The zero-order valence-corrected chi connectivity index (χ0v) is 13.3. The molecular weight excluding hydrogens is 324 g/mol. The monoisotopic (exact) mass is 340 g/mol. The molecule has 1 atom stereocenters. The van der Waals surface area contributed by atoms with E-state index in [1.165, 1.54) is 19.1 Å². The molecule has 0 bridgehead atoms. The highest BCUT2D eigenvalue weighted by Crippen LogP contribution is 2.25. The Kier molecular flexibility index (Phi) is 5.54. The Balaban J connectivity index is 1.99. The minimum atomic E-state index is -0.974. The van der Waals surface area contributed by atoms with Crippen molar-refractivity contribution < 1.29 is 19.2 Å². The molecule has 1 aliphatic carbocycles. The molecule has 23 heavy (non-hydrogen) atoms. The van der Waals surface area contributed by atoms with Crippen molar-refractivity contribution in [2.45, 2.75) is 44.8 Å². The van der Waals surface area contributed by atoms with E-state index in [4.69, 9.17) is 16.3 Å². The van der Waals surface area contributed by atoms with Crippen molar-refractivity contribution in [1.29, 1.82) is 0 Å². The number of benzene rings is 1. The molecule has 0 unspecified atom stereocenters. The van der Waals surface area contributed by atoms with Crippen LogP contribution in [0.15, 0.2) is 18.2 Å². The summed E-state index contributed by atoms with van der Waals surface area (Å²) in [5, 5.41) is 13.6. The van der Waals surface area contributed by atoms with Crippen LogP contribution in [0.3, 0.4) is 0 Å². The summed E-state index contributed by atoms with van der Waals surface area (Å²) in [7, 11) is 0. The number of rotatable bonds is 5. The van der Waals surface area contributed by atoms with Gasteiger partial charge in [-0.2, -0.15) is 0 Å². The number of nitro benzene ring substituents is 1. The lowest BCUT2D eigenvalue weighted by atomic mass is 10.2. The Morgan fingerprint density at radius 2 is 2.04 bits per heavy atom. The van der Waals surface area contributed by atoms with Crippen LogP contribution in [0.5, 0.6) is 0 Å². The first kappa shape index (κ1) is 17.2. The zero-order valence-electron chi connectivity index (χ0n) is 12.6. The van der Waals surface area contributed by atoms with E-state index in [9.17, 15) is 19.7 Å². The van der Waals surface area contributed by atoms with Gasteiger partial charge in [-0.3, -0.25) is 14.9 Å². The maximum Gasteiger partial charge on any atom is 0.339 e. The summed E-state index contributed by atoms with van der Waals surface area (Å²) in [6.07, 6.45) is 3.03. The molecule has 1 aromatic rings. The van der Waals surface area contributed by atoms with Crippen molar-refractivity contribution in [3.63, 3.8) is 0 Å². The largest absolute Gasteiger partial charge is 0.449 e. The second-order valence-electron chi connectivity index (χ2n) is 5.46. The number of hydrogen-bond donors (Lipinski definition) is 1. The van der Waals surface area contributed by atoms with Gasteiger partial charge < -0.3 is 10.1 Å². The summed E-state index contributed by atoms with van der Waals surface area (Å²) in [5.41, 5.74) is -0.411. The highest BCUT2D eigenvalue weighted by Gasteiger charge is 2.24. The van der Waals surface area contributed by atoms with E-state index in [1.54, 1.807) is 0 Å². The molecule has 1 aromatic carbocycles. The summed E-state index contributed by atoms with van der Waals surface area (Å²) in [6.45, 7) is 1.46. The molecule has 2 rings (SSSR count). The number of ether oxygens (including phenoxy) is 1. The molecule has 8 heteroatoms. The predicted octanol–water partition coefficient (Wildman–Crippen LogP) is 2.85. The van der Waals surface area contributed by atoms with Crippen LogP contribution in [0.2, 0.25) is 5.02 Å². The Bertz CT molecular complexity index is 628. The molecule has 0 spiro atoms. The molecule has 0 aromatic heterocycles. The number of esters is 1. The normalized spacial score (nSPS) is 15.9. The minimum Gasteiger partial charge on any atom is -0.449 e. The average molecular weight is 341 g/mol. The number of hydrogen-bond acceptors (Lipinski definition) is 5. The van der Waals surface area contributed by atoms with Gasteiger partial charge in [0, 0.05) is 12.1 Å². The van der Waals surface area contributed by atoms with Gasteiger partial charge >= 0.3 is 5.97 Å². The smallest absolute Gasteiger partial charge is 0.339 e. The lowest BCUT2D eigenvalue weighted by molar-refractivity contribution is -0.384. The van der Waals surface area contributed by atoms with Gasteiger partial charge in [0.15, 0.2) is 6.10 Å². The molecule has 1 N–H and O–H groups in total. The van der Waals surface area contributed by atoms with Crippen LogP contribution in [0.25, 0.3) is 0 Å². The fourth-order valence-corrected chi connectivity index (χ4v) is 2.64. The van der Waals surface area contributed by atoms with Crippen LogP contribution < -0.4 is 5.32 Å². The number of carbonyl (C=O) groups excluding carboxylic acids is 2. The number of carbonyl (C=O) groups is 2. The van der Waals surface area contributed by atoms with Crippen LogP contribution in [0, 0.1) is 10.1 Å². The standard InChI is InChI=1S/C15H17ClN2O5/c1-9(14(19)17-11-4-2-3-5-11)23-15(20)10-6-7-12(16)13(8-10)18(21)22/h6-9,11H,2-5H2,1H3,(H,17,19)/t9-/m1/s1. The summed E-state index contributed by atoms with van der Waals surface area (Å²) in [6, 6.07) is 3.73. The Labute approximate surface area is 138 Å². The van der Waals surface area contributed by atoms with Crippen molar-refractivity contribution >= 4 is 29.2 Å². The molecule has 1 fully saturated rings. The second-order valence-corrected chi connectivity index (χ2v) is 5.87. The van der Waals surface area contributed by atoms with Gasteiger partial charge in [0.25, 0.3) is 11.6 Å². The van der Waals surface area contributed by atoms with Crippen LogP contribution >= 0.6 is 11.6 Å². The highest BCUT2D eigenvalue weighted by atomic mass is 35.5. The van der Waals surface area contributed by atoms with Gasteiger partial charge in [0.05, 0.1) is 10.5 Å². The molecule has 0 heterocycles. The maximum absolute atomic E-state index is 12.0. The van der Waals surface area contributed by atoms with E-state index in [0.717, 1.165) is 31.7 Å². The molecule has 1 saturated carbocycles. The third kappa shape index (κ3) is 4.41. The summed E-state index contributed by atoms with van der Waals surface area (Å²) in [4.78, 5) is 34.1. The Morgan fingerprint density at radius 3 is 2.65 bits per heavy atom. The SMILES string of the molecule is C[C@@H](OC(=O)c1ccc(Cl)c([N+](=O)[O-])c1)C(=O)NC1CCCC1. The second kappa shape index (κ2) is 7.41. The van der Waals surface area contributed by atoms with Crippen molar-refractivity contribution in [2.24, 2.45) is 0 Å². The first-order valence-corrected chi connectivity index (χ1v) is 7.71. The van der Waals surface area contributed by atoms with Crippen molar-refractivity contribution in [3.8, 4) is 0 Å². The zero-order chi connectivity index (χ0) is 17.0. The Morgan fingerprint density at radius 1 is 1.39 bits per heavy atom. The molecule has 7 nitrogen and oxygen atoms in total. The van der Waals surface area contributed by atoms with Gasteiger partial charge in [0.2, 0.25) is 0 Å². The fraction of sp³-hybridized carbons (Fsp3) is 0.467. The van der Waals surface area contributed by atoms with Gasteiger partial charge in [-0.25, -0.2) is 4.79 Å².